The van der Waals surface area contributed by atoms with E-state index in [0.29, 0.717) is 28.2 Å². The number of nitrogens with one attached hydrogen (secondary N) is 1. The van der Waals surface area contributed by atoms with E-state index in [9.17, 15) is 18.8 Å². The zero-order valence-corrected chi connectivity index (χ0v) is 25.0. The Morgan fingerprint density at radius 1 is 0.872 bits per heavy atom. The highest BCUT2D eigenvalue weighted by molar-refractivity contribution is 6.04. The molecule has 12 nitrogen and oxygen atoms in total. The van der Waals surface area contributed by atoms with E-state index in [0.717, 1.165) is 29.0 Å². The van der Waals surface area contributed by atoms with E-state index >= 15 is 4.39 Å². The third-order valence-electron chi connectivity index (χ3n) is 7.23. The van der Waals surface area contributed by atoms with Gasteiger partial charge < -0.3 is 19.5 Å². The monoisotopic (exact) mass is 640 g/mol. The normalized spacial score (nSPS) is 11.0. The zero-order valence-electron chi connectivity index (χ0n) is 25.0. The summed E-state index contributed by atoms with van der Waals surface area (Å²) >= 11 is 0. The lowest BCUT2D eigenvalue weighted by Crippen LogP contribution is -2.42. The maximum Gasteiger partial charge on any atom is 0.335 e. The number of fused-ring (bicyclic) bond motifs is 1. The van der Waals surface area contributed by atoms with E-state index in [1.165, 1.54) is 49.2 Å². The Balaban J connectivity index is 1.29. The van der Waals surface area contributed by atoms with Gasteiger partial charge in [-0.1, -0.05) is 0 Å². The summed E-state index contributed by atoms with van der Waals surface area (Å²) in [5, 5.41) is 7.16. The zero-order chi connectivity index (χ0) is 33.1. The first-order valence-corrected chi connectivity index (χ1v) is 14.1. The van der Waals surface area contributed by atoms with Crippen LogP contribution in [0.2, 0.25) is 0 Å². The van der Waals surface area contributed by atoms with Gasteiger partial charge in [0, 0.05) is 54.5 Å². The minimum atomic E-state index is -0.938. The van der Waals surface area contributed by atoms with Gasteiger partial charge in [-0.3, -0.25) is 23.8 Å². The number of methoxy groups -OCH3 is 2. The van der Waals surface area contributed by atoms with E-state index in [1.54, 1.807) is 41.3 Å². The van der Waals surface area contributed by atoms with E-state index in [2.05, 4.69) is 15.4 Å². The fraction of sp³-hybridized carbons (Fsp3) is 0.121. The molecule has 14 heteroatoms. The average molecular weight is 641 g/mol. The SMILES string of the molecule is COc1cc2nccc(Oc3ccc(NC(=O)c4cn(CCn5cccn5)c(=O)n(-c5ccc(F)cc5)c4=O)cc3F)c2cc1OC. The molecule has 3 heterocycles. The molecule has 238 valence electrons. The third kappa shape index (κ3) is 6.29. The molecule has 0 atom stereocenters. The Morgan fingerprint density at radius 2 is 1.64 bits per heavy atom. The van der Waals surface area contributed by atoms with Crippen LogP contribution in [-0.2, 0) is 13.1 Å². The summed E-state index contributed by atoms with van der Waals surface area (Å²) in [6.45, 7) is 0.320. The Labute approximate surface area is 265 Å². The van der Waals surface area contributed by atoms with Crippen LogP contribution in [0.15, 0.2) is 101 Å². The number of aromatic nitrogens is 5. The number of anilines is 1. The number of rotatable bonds is 10. The highest BCUT2D eigenvalue weighted by Crippen LogP contribution is 2.37. The van der Waals surface area contributed by atoms with Crippen molar-refractivity contribution in [3.63, 3.8) is 0 Å². The average Bonchev–Trinajstić information content (AvgIpc) is 3.60. The topological polar surface area (TPSA) is 132 Å². The van der Waals surface area contributed by atoms with Gasteiger partial charge in [-0.05, 0) is 54.6 Å². The standard InChI is InChI=1S/C33H26F2N6O6/c1-45-29-17-23-26(18-30(29)46-2)36-12-10-27(23)47-28-9-6-21(16-25(28)35)38-31(42)24-19-39(14-15-40-13-3-11-37-40)33(44)41(32(24)43)22-7-4-20(34)5-8-22/h3-13,16-19H,14-15H2,1-2H3,(H,38,42). The lowest BCUT2D eigenvalue weighted by molar-refractivity contribution is 0.102. The van der Waals surface area contributed by atoms with Crippen molar-refractivity contribution in [2.75, 3.05) is 19.5 Å². The van der Waals surface area contributed by atoms with Crippen LogP contribution in [0.25, 0.3) is 16.6 Å². The number of benzene rings is 3. The first-order chi connectivity index (χ1) is 22.7. The molecule has 0 aliphatic rings. The first-order valence-electron chi connectivity index (χ1n) is 14.1. The maximum atomic E-state index is 15.3. The Bertz CT molecular complexity index is 2220. The molecule has 0 radical (unpaired) electrons. The van der Waals surface area contributed by atoms with E-state index in [-0.39, 0.29) is 30.2 Å². The predicted molar refractivity (Wildman–Crippen MR) is 168 cm³/mol. The van der Waals surface area contributed by atoms with E-state index < -0.39 is 34.4 Å². The van der Waals surface area contributed by atoms with Gasteiger partial charge in [0.2, 0.25) is 0 Å². The molecule has 0 bridgehead atoms. The van der Waals surface area contributed by atoms with Gasteiger partial charge in [0.25, 0.3) is 11.5 Å². The summed E-state index contributed by atoms with van der Waals surface area (Å²) in [5.74, 6) is -1.21. The molecule has 0 fully saturated rings. The first kappa shape index (κ1) is 30.7. The van der Waals surface area contributed by atoms with Crippen LogP contribution < -0.4 is 30.8 Å². The van der Waals surface area contributed by atoms with Crippen molar-refractivity contribution in [2.24, 2.45) is 0 Å². The summed E-state index contributed by atoms with van der Waals surface area (Å²) in [7, 11) is 2.99. The van der Waals surface area contributed by atoms with Crippen molar-refractivity contribution in [3.8, 4) is 28.7 Å². The van der Waals surface area contributed by atoms with Crippen LogP contribution in [-0.4, -0.2) is 44.0 Å². The van der Waals surface area contributed by atoms with Gasteiger partial charge in [-0.25, -0.2) is 18.1 Å². The highest BCUT2D eigenvalue weighted by Gasteiger charge is 2.20. The number of hydrogen-bond acceptors (Lipinski definition) is 8. The van der Waals surface area contributed by atoms with E-state index in [4.69, 9.17) is 14.2 Å². The summed E-state index contributed by atoms with van der Waals surface area (Å²) < 4.78 is 49.0. The van der Waals surface area contributed by atoms with Crippen molar-refractivity contribution in [3.05, 3.63) is 130 Å². The number of nitrogens with zero attached hydrogens (tertiary/aromatic N) is 5. The summed E-state index contributed by atoms with van der Waals surface area (Å²) in [6.07, 6.45) is 5.91. The maximum absolute atomic E-state index is 15.3. The fourth-order valence-corrected chi connectivity index (χ4v) is 4.89. The Hall–Kier alpha value is -6.31. The van der Waals surface area contributed by atoms with Crippen molar-refractivity contribution in [1.29, 1.82) is 0 Å². The van der Waals surface area contributed by atoms with E-state index in [1.807, 2.05) is 0 Å². The van der Waals surface area contributed by atoms with Crippen LogP contribution in [0.5, 0.6) is 23.0 Å². The number of ether oxygens (including phenoxy) is 3. The Morgan fingerprint density at radius 3 is 2.34 bits per heavy atom. The number of carbonyl (C=O) groups is 1. The van der Waals surface area contributed by atoms with Crippen LogP contribution >= 0.6 is 0 Å². The van der Waals surface area contributed by atoms with Crippen molar-refractivity contribution in [2.45, 2.75) is 13.1 Å². The smallest absolute Gasteiger partial charge is 0.335 e. The molecule has 0 spiro atoms. The second kappa shape index (κ2) is 13.0. The molecule has 0 aliphatic carbocycles. The molecule has 0 saturated carbocycles. The van der Waals surface area contributed by atoms with Crippen LogP contribution in [0, 0.1) is 11.6 Å². The fourth-order valence-electron chi connectivity index (χ4n) is 4.89. The van der Waals surface area contributed by atoms with Crippen molar-refractivity contribution < 1.29 is 27.8 Å². The summed E-state index contributed by atoms with van der Waals surface area (Å²) in [6, 6.07) is 15.1. The lowest BCUT2D eigenvalue weighted by Gasteiger charge is -2.14. The van der Waals surface area contributed by atoms with Crippen LogP contribution in [0.4, 0.5) is 14.5 Å². The van der Waals surface area contributed by atoms with Gasteiger partial charge in [-0.15, -0.1) is 0 Å². The van der Waals surface area contributed by atoms with Gasteiger partial charge in [0.15, 0.2) is 23.1 Å². The molecular formula is C33H26F2N6O6. The van der Waals surface area contributed by atoms with Gasteiger partial charge in [0.1, 0.15) is 17.1 Å². The minimum Gasteiger partial charge on any atom is -0.493 e. The second-order valence-corrected chi connectivity index (χ2v) is 10.1. The molecule has 6 rings (SSSR count). The molecule has 3 aromatic heterocycles. The molecule has 0 saturated heterocycles. The third-order valence-corrected chi connectivity index (χ3v) is 7.23. The van der Waals surface area contributed by atoms with Gasteiger partial charge >= 0.3 is 5.69 Å². The van der Waals surface area contributed by atoms with Crippen LogP contribution in [0.1, 0.15) is 10.4 Å². The number of hydrogen-bond donors (Lipinski definition) is 1. The predicted octanol–water partition coefficient (Wildman–Crippen LogP) is 4.78. The summed E-state index contributed by atoms with van der Waals surface area (Å²) in [4.78, 5) is 44.5. The van der Waals surface area contributed by atoms with Crippen molar-refractivity contribution >= 4 is 22.5 Å². The number of amides is 1. The van der Waals surface area contributed by atoms with Crippen molar-refractivity contribution in [1.82, 2.24) is 23.9 Å². The lowest BCUT2D eigenvalue weighted by atomic mass is 10.1. The van der Waals surface area contributed by atoms with Crippen LogP contribution in [0.3, 0.4) is 0 Å². The van der Waals surface area contributed by atoms with Gasteiger partial charge in [0.05, 0.1) is 32.0 Å². The van der Waals surface area contributed by atoms with Gasteiger partial charge in [-0.2, -0.15) is 5.10 Å². The molecule has 0 unspecified atom stereocenters. The molecule has 0 aliphatic heterocycles. The largest absolute Gasteiger partial charge is 0.493 e. The molecule has 1 amide bonds. The highest BCUT2D eigenvalue weighted by atomic mass is 19.1. The summed E-state index contributed by atoms with van der Waals surface area (Å²) in [5.41, 5.74) is -1.46. The Kier molecular flexibility index (Phi) is 8.47. The second-order valence-electron chi connectivity index (χ2n) is 10.1. The number of halogens is 2. The number of carbonyl (C=O) groups excluding carboxylic acids is 1. The molecular weight excluding hydrogens is 614 g/mol. The number of pyridine rings is 1. The minimum absolute atomic E-state index is 0.0212. The molecule has 1 N–H and O–H groups in total. The number of aryl methyl sites for hydroxylation is 2. The molecule has 47 heavy (non-hydrogen) atoms. The quantitative estimate of drug-likeness (QED) is 0.226. The molecule has 6 aromatic rings. The molecule has 3 aromatic carbocycles.